The second-order valence-corrected chi connectivity index (χ2v) is 7.63. The van der Waals surface area contributed by atoms with Gasteiger partial charge in [-0.05, 0) is 30.9 Å². The number of hydrogen-bond acceptors (Lipinski definition) is 6. The molecule has 148 valence electrons. The van der Waals surface area contributed by atoms with Crippen molar-refractivity contribution in [2.75, 3.05) is 18.4 Å². The Balaban J connectivity index is 1.31. The molecule has 0 spiro atoms. The van der Waals surface area contributed by atoms with Gasteiger partial charge in [-0.3, -0.25) is 9.59 Å². The molecule has 2 aromatic heterocycles. The minimum absolute atomic E-state index is 0.117. The lowest BCUT2D eigenvalue weighted by Gasteiger charge is -2.25. The van der Waals surface area contributed by atoms with Gasteiger partial charge < -0.3 is 19.3 Å². The predicted octanol–water partition coefficient (Wildman–Crippen LogP) is 1.77. The van der Waals surface area contributed by atoms with Crippen molar-refractivity contribution in [2.24, 2.45) is 11.8 Å². The summed E-state index contributed by atoms with van der Waals surface area (Å²) in [6.45, 7) is 3.65. The first-order valence-electron chi connectivity index (χ1n) is 9.59. The van der Waals surface area contributed by atoms with E-state index >= 15 is 0 Å². The molecule has 9 heteroatoms. The van der Waals surface area contributed by atoms with E-state index in [-0.39, 0.29) is 17.7 Å². The number of nitrogens with zero attached hydrogens (tertiary/aromatic N) is 5. The summed E-state index contributed by atoms with van der Waals surface area (Å²) in [4.78, 5) is 27.2. The zero-order chi connectivity index (χ0) is 20.0. The molecule has 1 fully saturated rings. The second kappa shape index (κ2) is 6.84. The van der Waals surface area contributed by atoms with Crippen molar-refractivity contribution >= 4 is 17.5 Å². The Morgan fingerprint density at radius 1 is 1.10 bits per heavy atom. The number of para-hydroxylation sites is 1. The number of amides is 2. The molecule has 2 aliphatic heterocycles. The van der Waals surface area contributed by atoms with Gasteiger partial charge in [0.05, 0.1) is 0 Å². The van der Waals surface area contributed by atoms with Gasteiger partial charge in [0.2, 0.25) is 5.82 Å². The monoisotopic (exact) mass is 392 g/mol. The molecule has 0 radical (unpaired) electrons. The molecule has 1 aromatic carbocycles. The van der Waals surface area contributed by atoms with Crippen LogP contribution in [0.5, 0.6) is 0 Å². The van der Waals surface area contributed by atoms with Gasteiger partial charge >= 0.3 is 0 Å². The van der Waals surface area contributed by atoms with Gasteiger partial charge in [0.25, 0.3) is 11.8 Å². The maximum absolute atomic E-state index is 12.7. The number of carbonyl (C=O) groups is 2. The number of hydrogen-bond donors (Lipinski definition) is 1. The van der Waals surface area contributed by atoms with E-state index in [1.165, 1.54) is 0 Å². The van der Waals surface area contributed by atoms with Crippen LogP contribution in [-0.2, 0) is 13.0 Å². The zero-order valence-electron chi connectivity index (χ0n) is 15.9. The van der Waals surface area contributed by atoms with Crippen LogP contribution in [0.1, 0.15) is 32.7 Å². The number of benzene rings is 1. The largest absolute Gasteiger partial charge is 0.361 e. The highest BCUT2D eigenvalue weighted by Gasteiger charge is 2.41. The lowest BCUT2D eigenvalue weighted by atomic mass is 9.89. The third kappa shape index (κ3) is 3.18. The summed E-state index contributed by atoms with van der Waals surface area (Å²) in [7, 11) is 0. The quantitative estimate of drug-likeness (QED) is 0.728. The Hall–Kier alpha value is -3.49. The van der Waals surface area contributed by atoms with Gasteiger partial charge in [-0.1, -0.05) is 23.4 Å². The number of aryl methyl sites for hydroxylation is 1. The van der Waals surface area contributed by atoms with Crippen molar-refractivity contribution in [3.63, 3.8) is 0 Å². The van der Waals surface area contributed by atoms with E-state index < -0.39 is 0 Å². The van der Waals surface area contributed by atoms with Crippen LogP contribution in [0.15, 0.2) is 40.9 Å². The van der Waals surface area contributed by atoms with Gasteiger partial charge in [-0.15, -0.1) is 10.2 Å². The van der Waals surface area contributed by atoms with Crippen LogP contribution in [0.4, 0.5) is 5.69 Å². The first kappa shape index (κ1) is 17.6. The number of aromatic nitrogens is 4. The number of carbonyl (C=O) groups excluding carboxylic acids is 2. The number of nitrogens with one attached hydrogen (secondary N) is 1. The first-order chi connectivity index (χ1) is 14.1. The summed E-state index contributed by atoms with van der Waals surface area (Å²) >= 11 is 0. The number of fused-ring (bicyclic) bond motifs is 2. The van der Waals surface area contributed by atoms with E-state index in [0.717, 1.165) is 5.82 Å². The Morgan fingerprint density at radius 2 is 1.90 bits per heavy atom. The molecule has 5 rings (SSSR count). The van der Waals surface area contributed by atoms with Crippen LogP contribution in [0, 0.1) is 18.8 Å². The molecule has 0 unspecified atom stereocenters. The molecule has 1 saturated heterocycles. The molecule has 0 aliphatic carbocycles. The van der Waals surface area contributed by atoms with E-state index in [2.05, 4.69) is 20.7 Å². The van der Waals surface area contributed by atoms with E-state index in [1.807, 2.05) is 39.8 Å². The zero-order valence-corrected chi connectivity index (χ0v) is 15.9. The van der Waals surface area contributed by atoms with Crippen molar-refractivity contribution in [3.8, 4) is 0 Å². The molecule has 29 heavy (non-hydrogen) atoms. The smallest absolute Gasteiger partial charge is 0.293 e. The van der Waals surface area contributed by atoms with Crippen molar-refractivity contribution in [1.29, 1.82) is 0 Å². The SMILES string of the molecule is Cc1cc(C(=O)N2C[C@@H]3Cc4nnc(C(=O)Nc5ccccc5)n4C[C@@H]3C2)no1. The minimum Gasteiger partial charge on any atom is -0.361 e. The molecule has 1 N–H and O–H groups in total. The lowest BCUT2D eigenvalue weighted by Crippen LogP contribution is -2.31. The summed E-state index contributed by atoms with van der Waals surface area (Å²) < 4.78 is 6.91. The fourth-order valence-electron chi connectivity index (χ4n) is 4.20. The maximum atomic E-state index is 12.7. The van der Waals surface area contributed by atoms with Gasteiger partial charge in [0.1, 0.15) is 11.6 Å². The summed E-state index contributed by atoms with van der Waals surface area (Å²) in [6.07, 6.45) is 0.692. The van der Waals surface area contributed by atoms with Crippen LogP contribution in [-0.4, -0.2) is 49.7 Å². The highest BCUT2D eigenvalue weighted by Crippen LogP contribution is 2.33. The fraction of sp³-hybridized carbons (Fsp3) is 0.350. The summed E-state index contributed by atoms with van der Waals surface area (Å²) in [5, 5.41) is 15.1. The molecule has 2 aliphatic rings. The van der Waals surface area contributed by atoms with Crippen LogP contribution in [0.3, 0.4) is 0 Å². The second-order valence-electron chi connectivity index (χ2n) is 7.63. The van der Waals surface area contributed by atoms with Gasteiger partial charge in [-0.2, -0.15) is 0 Å². The molecule has 4 heterocycles. The number of anilines is 1. The molecule has 0 saturated carbocycles. The molecular formula is C20H20N6O3. The van der Waals surface area contributed by atoms with Gasteiger partial charge in [0.15, 0.2) is 5.69 Å². The Kier molecular flexibility index (Phi) is 4.15. The number of likely N-dealkylation sites (tertiary alicyclic amines) is 1. The van der Waals surface area contributed by atoms with Gasteiger partial charge in [-0.25, -0.2) is 0 Å². The summed E-state index contributed by atoms with van der Waals surface area (Å²) in [5.74, 6) is 1.86. The predicted molar refractivity (Wildman–Crippen MR) is 102 cm³/mol. The Bertz CT molecular complexity index is 1070. The van der Waals surface area contributed by atoms with Crippen LogP contribution >= 0.6 is 0 Å². The topological polar surface area (TPSA) is 106 Å². The van der Waals surface area contributed by atoms with E-state index in [1.54, 1.807) is 13.0 Å². The molecule has 2 atom stereocenters. The van der Waals surface area contributed by atoms with E-state index in [9.17, 15) is 9.59 Å². The van der Waals surface area contributed by atoms with Crippen LogP contribution < -0.4 is 5.32 Å². The molecule has 9 nitrogen and oxygen atoms in total. The van der Waals surface area contributed by atoms with E-state index in [4.69, 9.17) is 4.52 Å². The van der Waals surface area contributed by atoms with Crippen molar-refractivity contribution in [3.05, 3.63) is 59.5 Å². The Morgan fingerprint density at radius 3 is 2.66 bits per heavy atom. The van der Waals surface area contributed by atoms with Crippen molar-refractivity contribution in [2.45, 2.75) is 19.9 Å². The standard InChI is InChI=1S/C20H20N6O3/c1-12-7-16(24-29-12)20(28)25-9-13-8-17-22-23-18(26(17)11-14(13)10-25)19(27)21-15-5-3-2-4-6-15/h2-7,13-14H,8-11H2,1H3,(H,21,27)/t13-,14-/m0/s1. The third-order valence-electron chi connectivity index (χ3n) is 5.63. The molecule has 3 aromatic rings. The van der Waals surface area contributed by atoms with Crippen LogP contribution in [0.2, 0.25) is 0 Å². The average Bonchev–Trinajstić information content (AvgIpc) is 3.43. The normalized spacial score (nSPS) is 20.2. The minimum atomic E-state index is -0.280. The number of rotatable bonds is 3. The molecule has 2 amide bonds. The maximum Gasteiger partial charge on any atom is 0.293 e. The van der Waals surface area contributed by atoms with Gasteiger partial charge in [0, 0.05) is 37.8 Å². The fourth-order valence-corrected chi connectivity index (χ4v) is 4.20. The lowest BCUT2D eigenvalue weighted by molar-refractivity contribution is 0.0772. The Labute approximate surface area is 166 Å². The summed E-state index contributed by atoms with van der Waals surface area (Å²) in [5.41, 5.74) is 1.05. The average molecular weight is 392 g/mol. The highest BCUT2D eigenvalue weighted by molar-refractivity contribution is 6.01. The van der Waals surface area contributed by atoms with E-state index in [0.29, 0.717) is 54.9 Å². The highest BCUT2D eigenvalue weighted by atomic mass is 16.5. The van der Waals surface area contributed by atoms with Crippen molar-refractivity contribution < 1.29 is 14.1 Å². The van der Waals surface area contributed by atoms with Crippen LogP contribution in [0.25, 0.3) is 0 Å². The first-order valence-corrected chi connectivity index (χ1v) is 9.59. The van der Waals surface area contributed by atoms with Crippen molar-refractivity contribution in [1.82, 2.24) is 24.8 Å². The summed E-state index contributed by atoms with van der Waals surface area (Å²) in [6, 6.07) is 10.9. The molecular weight excluding hydrogens is 372 g/mol. The molecule has 0 bridgehead atoms. The third-order valence-corrected chi connectivity index (χ3v) is 5.63.